The van der Waals surface area contributed by atoms with Crippen molar-refractivity contribution in [2.45, 2.75) is 37.3 Å². The van der Waals surface area contributed by atoms with Gasteiger partial charge >= 0.3 is 0 Å². The van der Waals surface area contributed by atoms with Crippen molar-refractivity contribution in [1.29, 1.82) is 0 Å². The zero-order chi connectivity index (χ0) is 24.7. The SMILES string of the molecule is Cc1cc(F)ccc1C1CC(N)(C(c2ccc(O)cc2)c2cc3cc(Br)ccc3[nH]c2=O)CCN1. The maximum atomic E-state index is 13.8. The van der Waals surface area contributed by atoms with Crippen molar-refractivity contribution >= 4 is 26.8 Å². The molecule has 0 bridgehead atoms. The Bertz CT molecular complexity index is 1450. The molecule has 5 N–H and O–H groups in total. The second kappa shape index (κ2) is 9.22. The molecule has 5 rings (SSSR count). The van der Waals surface area contributed by atoms with Crippen LogP contribution in [0.5, 0.6) is 5.75 Å². The molecule has 1 saturated heterocycles. The van der Waals surface area contributed by atoms with Gasteiger partial charge in [0.2, 0.25) is 0 Å². The summed E-state index contributed by atoms with van der Waals surface area (Å²) in [6.45, 7) is 2.56. The minimum absolute atomic E-state index is 0.0809. The molecule has 0 spiro atoms. The largest absolute Gasteiger partial charge is 0.508 e. The predicted octanol–water partition coefficient (Wildman–Crippen LogP) is 5.40. The third-order valence-electron chi connectivity index (χ3n) is 7.12. The number of halogens is 2. The van der Waals surface area contributed by atoms with Crippen molar-refractivity contribution in [3.8, 4) is 5.75 Å². The number of aryl methyl sites for hydroxylation is 1. The monoisotopic (exact) mass is 535 g/mol. The van der Waals surface area contributed by atoms with Crippen LogP contribution in [0.4, 0.5) is 4.39 Å². The quantitative estimate of drug-likeness (QED) is 0.281. The molecule has 0 saturated carbocycles. The number of aromatic hydroxyl groups is 1. The highest BCUT2D eigenvalue weighted by Crippen LogP contribution is 2.43. The van der Waals surface area contributed by atoms with E-state index in [4.69, 9.17) is 5.73 Å². The number of H-pyrrole nitrogens is 1. The van der Waals surface area contributed by atoms with Gasteiger partial charge in [-0.3, -0.25) is 4.79 Å². The molecule has 1 aliphatic rings. The van der Waals surface area contributed by atoms with Gasteiger partial charge in [0.1, 0.15) is 11.6 Å². The van der Waals surface area contributed by atoms with Crippen LogP contribution in [0, 0.1) is 12.7 Å². The fourth-order valence-corrected chi connectivity index (χ4v) is 5.82. The average Bonchev–Trinajstić information content (AvgIpc) is 2.81. The summed E-state index contributed by atoms with van der Waals surface area (Å²) in [4.78, 5) is 16.4. The van der Waals surface area contributed by atoms with Crippen LogP contribution in [0.25, 0.3) is 10.9 Å². The molecule has 0 aliphatic carbocycles. The Balaban J connectivity index is 1.64. The van der Waals surface area contributed by atoms with E-state index >= 15 is 0 Å². The summed E-state index contributed by atoms with van der Waals surface area (Å²) < 4.78 is 14.7. The van der Waals surface area contributed by atoms with Crippen LogP contribution in [0.1, 0.15) is 47.1 Å². The highest BCUT2D eigenvalue weighted by Gasteiger charge is 2.43. The van der Waals surface area contributed by atoms with Crippen LogP contribution in [0.3, 0.4) is 0 Å². The van der Waals surface area contributed by atoms with Gasteiger partial charge in [-0.1, -0.05) is 34.1 Å². The lowest BCUT2D eigenvalue weighted by Crippen LogP contribution is -2.55. The van der Waals surface area contributed by atoms with Crippen molar-refractivity contribution in [3.63, 3.8) is 0 Å². The Kier molecular flexibility index (Phi) is 6.25. The maximum absolute atomic E-state index is 13.8. The number of rotatable bonds is 4. The van der Waals surface area contributed by atoms with Crippen LogP contribution >= 0.6 is 15.9 Å². The molecule has 7 heteroatoms. The molecule has 0 amide bonds. The van der Waals surface area contributed by atoms with E-state index < -0.39 is 11.5 Å². The lowest BCUT2D eigenvalue weighted by atomic mass is 9.68. The Labute approximate surface area is 211 Å². The van der Waals surface area contributed by atoms with E-state index in [9.17, 15) is 14.3 Å². The van der Waals surface area contributed by atoms with Gasteiger partial charge < -0.3 is 21.1 Å². The Morgan fingerprint density at radius 3 is 2.63 bits per heavy atom. The number of fused-ring (bicyclic) bond motifs is 1. The molecule has 3 aromatic carbocycles. The topological polar surface area (TPSA) is 91.1 Å². The minimum Gasteiger partial charge on any atom is -0.508 e. The van der Waals surface area contributed by atoms with Crippen LogP contribution in [0.15, 0.2) is 76.0 Å². The average molecular weight is 536 g/mol. The summed E-state index contributed by atoms with van der Waals surface area (Å²) in [7, 11) is 0. The van der Waals surface area contributed by atoms with Gasteiger partial charge in [0.25, 0.3) is 5.56 Å². The normalized spacial score (nSPS) is 21.2. The van der Waals surface area contributed by atoms with Gasteiger partial charge in [-0.05, 0) is 96.9 Å². The fourth-order valence-electron chi connectivity index (χ4n) is 5.44. The number of benzene rings is 3. The minimum atomic E-state index is -0.763. The molecule has 1 aliphatic heterocycles. The highest BCUT2D eigenvalue weighted by molar-refractivity contribution is 9.10. The van der Waals surface area contributed by atoms with Crippen molar-refractivity contribution in [1.82, 2.24) is 10.3 Å². The van der Waals surface area contributed by atoms with Crippen molar-refractivity contribution < 1.29 is 9.50 Å². The maximum Gasteiger partial charge on any atom is 0.252 e. The molecule has 2 heterocycles. The first-order valence-electron chi connectivity index (χ1n) is 11.6. The number of aromatic nitrogens is 1. The first kappa shape index (κ1) is 23.7. The third-order valence-corrected chi connectivity index (χ3v) is 7.61. The number of piperidine rings is 1. The summed E-state index contributed by atoms with van der Waals surface area (Å²) in [5, 5.41) is 14.3. The standard InChI is InChI=1S/C28H27BrFN3O2/c1-16-12-20(30)5-8-22(16)25-15-28(31,10-11-32-25)26(17-2-6-21(34)7-3-17)23-14-18-13-19(29)4-9-24(18)33-27(23)35/h2-9,12-14,25-26,32,34H,10-11,15,31H2,1H3,(H,33,35). The molecule has 5 nitrogen and oxygen atoms in total. The van der Waals surface area contributed by atoms with E-state index in [0.29, 0.717) is 24.9 Å². The van der Waals surface area contributed by atoms with Crippen molar-refractivity contribution in [2.75, 3.05) is 6.54 Å². The summed E-state index contributed by atoms with van der Waals surface area (Å²) >= 11 is 3.52. The van der Waals surface area contributed by atoms with Crippen molar-refractivity contribution in [3.05, 3.63) is 110 Å². The summed E-state index contributed by atoms with van der Waals surface area (Å²) in [5.74, 6) is -0.530. The number of nitrogens with one attached hydrogen (secondary N) is 2. The second-order valence-electron chi connectivity index (χ2n) is 9.50. The zero-order valence-corrected chi connectivity index (χ0v) is 20.9. The molecular weight excluding hydrogens is 509 g/mol. The van der Waals surface area contributed by atoms with E-state index in [1.807, 2.05) is 49.4 Å². The number of hydrogen-bond donors (Lipinski definition) is 4. The summed E-state index contributed by atoms with van der Waals surface area (Å²) in [6, 6.07) is 19.3. The van der Waals surface area contributed by atoms with E-state index in [1.165, 1.54) is 12.1 Å². The van der Waals surface area contributed by atoms with Gasteiger partial charge in [-0.25, -0.2) is 4.39 Å². The Morgan fingerprint density at radius 2 is 1.89 bits per heavy atom. The second-order valence-corrected chi connectivity index (χ2v) is 10.4. The number of pyridine rings is 1. The van der Waals surface area contributed by atoms with Crippen LogP contribution in [0.2, 0.25) is 0 Å². The van der Waals surface area contributed by atoms with E-state index in [0.717, 1.165) is 32.1 Å². The number of hydrogen-bond acceptors (Lipinski definition) is 4. The number of aromatic amines is 1. The van der Waals surface area contributed by atoms with E-state index in [2.05, 4.69) is 26.2 Å². The molecule has 0 radical (unpaired) electrons. The van der Waals surface area contributed by atoms with E-state index in [-0.39, 0.29) is 23.2 Å². The third kappa shape index (κ3) is 4.63. The fraction of sp³-hybridized carbons (Fsp3) is 0.250. The highest BCUT2D eigenvalue weighted by atomic mass is 79.9. The molecule has 35 heavy (non-hydrogen) atoms. The zero-order valence-electron chi connectivity index (χ0n) is 19.3. The summed E-state index contributed by atoms with van der Waals surface area (Å²) in [5.41, 5.74) is 10.3. The smallest absolute Gasteiger partial charge is 0.252 e. The van der Waals surface area contributed by atoms with Gasteiger partial charge in [-0.2, -0.15) is 0 Å². The van der Waals surface area contributed by atoms with Gasteiger partial charge in [0.15, 0.2) is 0 Å². The molecule has 3 atom stereocenters. The Morgan fingerprint density at radius 1 is 1.11 bits per heavy atom. The molecule has 1 fully saturated rings. The number of nitrogens with two attached hydrogens (primary N) is 1. The molecule has 3 unspecified atom stereocenters. The predicted molar refractivity (Wildman–Crippen MR) is 140 cm³/mol. The van der Waals surface area contributed by atoms with E-state index in [1.54, 1.807) is 12.1 Å². The van der Waals surface area contributed by atoms with Crippen LogP contribution in [-0.2, 0) is 0 Å². The number of phenolic OH excluding ortho intramolecular Hbond substituents is 1. The molecule has 1 aromatic heterocycles. The van der Waals surface area contributed by atoms with Crippen molar-refractivity contribution in [2.24, 2.45) is 5.73 Å². The first-order chi connectivity index (χ1) is 16.7. The number of phenols is 1. The van der Waals surface area contributed by atoms with Gasteiger partial charge in [0, 0.05) is 33.1 Å². The van der Waals surface area contributed by atoms with Gasteiger partial charge in [0.05, 0.1) is 0 Å². The van der Waals surface area contributed by atoms with Crippen LogP contribution in [-0.4, -0.2) is 22.2 Å². The summed E-state index contributed by atoms with van der Waals surface area (Å²) in [6.07, 6.45) is 1.20. The van der Waals surface area contributed by atoms with Crippen LogP contribution < -0.4 is 16.6 Å². The molecular formula is C28H27BrFN3O2. The lowest BCUT2D eigenvalue weighted by molar-refractivity contribution is 0.232. The lowest BCUT2D eigenvalue weighted by Gasteiger charge is -2.44. The first-order valence-corrected chi connectivity index (χ1v) is 12.4. The van der Waals surface area contributed by atoms with Gasteiger partial charge in [-0.15, -0.1) is 0 Å². The molecule has 180 valence electrons. The molecule has 4 aromatic rings. The Hall–Kier alpha value is -3.00.